The van der Waals surface area contributed by atoms with Crippen molar-refractivity contribution in [2.24, 2.45) is 0 Å². The highest BCUT2D eigenvalue weighted by Gasteiger charge is 2.17. The Kier molecular flexibility index (Phi) is 4.21. The van der Waals surface area contributed by atoms with Crippen molar-refractivity contribution >= 4 is 0 Å². The number of aliphatic hydroxyl groups excluding tert-OH is 1. The van der Waals surface area contributed by atoms with Gasteiger partial charge in [-0.3, -0.25) is 0 Å². The topological polar surface area (TPSA) is 40.5 Å². The lowest BCUT2D eigenvalue weighted by molar-refractivity contribution is 0.0811. The van der Waals surface area contributed by atoms with E-state index in [9.17, 15) is 10.2 Å². The van der Waals surface area contributed by atoms with E-state index in [0.717, 1.165) is 5.57 Å². The molecule has 0 unspecified atom stereocenters. The molecule has 0 aliphatic heterocycles. The summed E-state index contributed by atoms with van der Waals surface area (Å²) < 4.78 is 0. The van der Waals surface area contributed by atoms with Gasteiger partial charge in [0.25, 0.3) is 0 Å². The average molecular weight is 170 g/mol. The molecule has 0 aliphatic rings. The van der Waals surface area contributed by atoms with Crippen LogP contribution in [0.5, 0.6) is 0 Å². The van der Waals surface area contributed by atoms with Crippen LogP contribution in [0.4, 0.5) is 0 Å². The molecule has 0 saturated carbocycles. The van der Waals surface area contributed by atoms with Crippen LogP contribution in [0.2, 0.25) is 0 Å². The monoisotopic (exact) mass is 170 g/mol. The molecule has 2 nitrogen and oxygen atoms in total. The molecule has 0 aliphatic carbocycles. The summed E-state index contributed by atoms with van der Waals surface area (Å²) in [7, 11) is 0. The summed E-state index contributed by atoms with van der Waals surface area (Å²) in [6, 6.07) is 0. The second kappa shape index (κ2) is 4.43. The predicted octanol–water partition coefficient (Wildman–Crippen LogP) is 1.64. The highest BCUT2D eigenvalue weighted by Crippen LogP contribution is 2.16. The summed E-state index contributed by atoms with van der Waals surface area (Å²) in [4.78, 5) is 0. The lowest BCUT2D eigenvalue weighted by Crippen LogP contribution is -2.23. The summed E-state index contributed by atoms with van der Waals surface area (Å²) >= 11 is 0. The predicted molar refractivity (Wildman–Crippen MR) is 50.9 cm³/mol. The molecule has 0 fully saturated rings. The third kappa shape index (κ3) is 4.31. The largest absolute Gasteiger partial charge is 0.389 e. The zero-order valence-electron chi connectivity index (χ0n) is 7.88. The van der Waals surface area contributed by atoms with Crippen molar-refractivity contribution in [2.75, 3.05) is 0 Å². The first-order chi connectivity index (χ1) is 5.39. The lowest BCUT2D eigenvalue weighted by Gasteiger charge is -2.20. The molecule has 2 atom stereocenters. The van der Waals surface area contributed by atoms with Gasteiger partial charge in [-0.15, -0.1) is 6.58 Å². The Labute approximate surface area is 74.2 Å². The van der Waals surface area contributed by atoms with Crippen LogP contribution in [0.15, 0.2) is 24.8 Å². The molecule has 0 aromatic heterocycles. The summed E-state index contributed by atoms with van der Waals surface area (Å²) in [6.07, 6.45) is 1.99. The molecule has 0 saturated heterocycles. The number of rotatable bonds is 5. The second-order valence-electron chi connectivity index (χ2n) is 3.46. The van der Waals surface area contributed by atoms with Crippen molar-refractivity contribution < 1.29 is 10.2 Å². The first kappa shape index (κ1) is 11.4. The maximum atomic E-state index is 9.50. The highest BCUT2D eigenvalue weighted by molar-refractivity contribution is 4.99. The molecule has 70 valence electrons. The molecule has 0 aromatic carbocycles. The van der Waals surface area contributed by atoms with Crippen molar-refractivity contribution in [3.63, 3.8) is 0 Å². The van der Waals surface area contributed by atoms with Gasteiger partial charge in [0.2, 0.25) is 0 Å². The third-order valence-electron chi connectivity index (χ3n) is 1.93. The van der Waals surface area contributed by atoms with E-state index >= 15 is 0 Å². The van der Waals surface area contributed by atoms with Crippen molar-refractivity contribution in [3.8, 4) is 0 Å². The zero-order chi connectivity index (χ0) is 9.78. The van der Waals surface area contributed by atoms with Crippen LogP contribution < -0.4 is 0 Å². The average Bonchev–Trinajstić information content (AvgIpc) is 2.00. The Hall–Kier alpha value is -0.600. The molecule has 0 rings (SSSR count). The Morgan fingerprint density at radius 1 is 1.67 bits per heavy atom. The summed E-state index contributed by atoms with van der Waals surface area (Å²) in [5.41, 5.74) is -0.147. The number of aliphatic hydroxyl groups is 2. The Morgan fingerprint density at radius 2 is 2.17 bits per heavy atom. The zero-order valence-corrected chi connectivity index (χ0v) is 7.88. The van der Waals surface area contributed by atoms with Gasteiger partial charge >= 0.3 is 0 Å². The van der Waals surface area contributed by atoms with Crippen LogP contribution in [0.1, 0.15) is 26.7 Å². The first-order valence-corrected chi connectivity index (χ1v) is 4.08. The van der Waals surface area contributed by atoms with Gasteiger partial charge in [-0.05, 0) is 26.7 Å². The fourth-order valence-corrected chi connectivity index (χ4v) is 0.777. The molecule has 0 aromatic rings. The van der Waals surface area contributed by atoms with Crippen molar-refractivity contribution in [3.05, 3.63) is 24.8 Å². The molecule has 12 heavy (non-hydrogen) atoms. The Morgan fingerprint density at radius 3 is 2.50 bits per heavy atom. The molecular formula is C10H18O2. The second-order valence-corrected chi connectivity index (χ2v) is 3.46. The van der Waals surface area contributed by atoms with Crippen LogP contribution in [0.25, 0.3) is 0 Å². The van der Waals surface area contributed by atoms with E-state index in [1.807, 2.05) is 0 Å². The smallest absolute Gasteiger partial charge is 0.0798 e. The molecular weight excluding hydrogens is 152 g/mol. The minimum absolute atomic E-state index is 0.504. The highest BCUT2D eigenvalue weighted by atomic mass is 16.3. The molecule has 2 N–H and O–H groups in total. The van der Waals surface area contributed by atoms with Gasteiger partial charge in [0.15, 0.2) is 0 Å². The van der Waals surface area contributed by atoms with Gasteiger partial charge < -0.3 is 10.2 Å². The van der Waals surface area contributed by atoms with E-state index in [1.165, 1.54) is 6.08 Å². The van der Waals surface area contributed by atoms with Gasteiger partial charge in [-0.25, -0.2) is 0 Å². The van der Waals surface area contributed by atoms with Crippen LogP contribution in [-0.4, -0.2) is 21.9 Å². The SMILES string of the molecule is C=C[C@@](C)(O)CC[C@@H](O)C(=C)C. The van der Waals surface area contributed by atoms with Gasteiger partial charge in [-0.1, -0.05) is 18.2 Å². The summed E-state index contributed by atoms with van der Waals surface area (Å²) in [6.45, 7) is 10.6. The minimum atomic E-state index is -0.879. The van der Waals surface area contributed by atoms with Crippen molar-refractivity contribution in [2.45, 2.75) is 38.4 Å². The van der Waals surface area contributed by atoms with Gasteiger partial charge in [0.05, 0.1) is 11.7 Å². The van der Waals surface area contributed by atoms with Gasteiger partial charge in [0.1, 0.15) is 0 Å². The van der Waals surface area contributed by atoms with E-state index in [2.05, 4.69) is 13.2 Å². The number of hydrogen-bond acceptors (Lipinski definition) is 2. The third-order valence-corrected chi connectivity index (χ3v) is 1.93. The fraction of sp³-hybridized carbons (Fsp3) is 0.600. The molecule has 0 radical (unpaired) electrons. The van der Waals surface area contributed by atoms with E-state index in [0.29, 0.717) is 12.8 Å². The van der Waals surface area contributed by atoms with E-state index in [-0.39, 0.29) is 0 Å². The minimum Gasteiger partial charge on any atom is -0.389 e. The van der Waals surface area contributed by atoms with Crippen LogP contribution in [-0.2, 0) is 0 Å². The van der Waals surface area contributed by atoms with Gasteiger partial charge in [-0.2, -0.15) is 0 Å². The van der Waals surface area contributed by atoms with E-state index in [4.69, 9.17) is 0 Å². The lowest BCUT2D eigenvalue weighted by atomic mass is 9.96. The van der Waals surface area contributed by atoms with Gasteiger partial charge in [0, 0.05) is 0 Å². The van der Waals surface area contributed by atoms with Crippen molar-refractivity contribution in [1.82, 2.24) is 0 Å². The molecule has 0 amide bonds. The van der Waals surface area contributed by atoms with Crippen LogP contribution in [0, 0.1) is 0 Å². The van der Waals surface area contributed by atoms with E-state index < -0.39 is 11.7 Å². The maximum absolute atomic E-state index is 9.50. The molecule has 0 bridgehead atoms. The van der Waals surface area contributed by atoms with Crippen LogP contribution >= 0.6 is 0 Å². The quantitative estimate of drug-likeness (QED) is 0.616. The normalized spacial score (nSPS) is 18.0. The summed E-state index contributed by atoms with van der Waals surface area (Å²) in [5, 5.41) is 18.8. The molecule has 0 heterocycles. The summed E-state index contributed by atoms with van der Waals surface area (Å²) in [5.74, 6) is 0. The number of hydrogen-bond donors (Lipinski definition) is 2. The van der Waals surface area contributed by atoms with E-state index in [1.54, 1.807) is 13.8 Å². The standard InChI is InChI=1S/C10H18O2/c1-5-10(4,12)7-6-9(11)8(2)3/h5,9,11-12H,1-2,6-7H2,3-4H3/t9-,10-/m1/s1. The fourth-order valence-electron chi connectivity index (χ4n) is 0.777. The Balaban J connectivity index is 3.83. The maximum Gasteiger partial charge on any atom is 0.0798 e. The molecule has 2 heteroatoms. The van der Waals surface area contributed by atoms with Crippen LogP contribution in [0.3, 0.4) is 0 Å². The molecule has 0 spiro atoms. The first-order valence-electron chi connectivity index (χ1n) is 4.08. The van der Waals surface area contributed by atoms with Crippen molar-refractivity contribution in [1.29, 1.82) is 0 Å². The Bertz CT molecular complexity index is 171.